The van der Waals surface area contributed by atoms with Crippen molar-refractivity contribution in [1.82, 2.24) is 0 Å². The number of hydrogen-bond donors (Lipinski definition) is 2. The van der Waals surface area contributed by atoms with E-state index >= 15 is 0 Å². The number of azo groups is 1. The average Bonchev–Trinajstić information content (AvgIpc) is 3.03. The molecule has 12 nitrogen and oxygen atoms in total. The molecule has 0 bridgehead atoms. The van der Waals surface area contributed by atoms with Gasteiger partial charge in [0.05, 0.1) is 26.9 Å². The molecule has 0 spiro atoms. The first-order chi connectivity index (χ1) is 21.9. The standard InChI is InChI=1S/C32H23N5O7S2.2Na/c33-31-25-6-2-1-5-24(25)29(46(42,43)44)18-26(31)36-34-22-13-8-19(9-14-22)20-10-15-23(16-11-20)35-37-32-27(38)17-12-21-4-3-7-28(30(21)32)45(39,40)41;;/h1-18,35H,33H2,(H,39,40,41)(H,42,43,44);;/q;2*+1/p-2/b36-34?,37-32+;;. The van der Waals surface area contributed by atoms with Crippen LogP contribution in [0.25, 0.3) is 28.0 Å². The molecule has 230 valence electrons. The average molecular weight is 698 g/mol. The van der Waals surface area contributed by atoms with Gasteiger partial charge in [-0.15, -0.1) is 5.11 Å². The smallest absolute Gasteiger partial charge is 0.744 e. The molecule has 1 aliphatic rings. The van der Waals surface area contributed by atoms with E-state index in [9.17, 15) is 30.7 Å². The molecule has 0 aromatic heterocycles. The van der Waals surface area contributed by atoms with Crippen LogP contribution in [0.15, 0.2) is 128 Å². The zero-order valence-electron chi connectivity index (χ0n) is 25.5. The van der Waals surface area contributed by atoms with Gasteiger partial charge in [0.25, 0.3) is 0 Å². The summed E-state index contributed by atoms with van der Waals surface area (Å²) in [7, 11) is -9.65. The summed E-state index contributed by atoms with van der Waals surface area (Å²) < 4.78 is 71.0. The second-order valence-electron chi connectivity index (χ2n) is 10.1. The summed E-state index contributed by atoms with van der Waals surface area (Å²) >= 11 is 0. The van der Waals surface area contributed by atoms with Gasteiger partial charge in [-0.2, -0.15) is 10.2 Å². The first-order valence-corrected chi connectivity index (χ1v) is 16.3. The van der Waals surface area contributed by atoms with Gasteiger partial charge in [0.15, 0.2) is 0 Å². The van der Waals surface area contributed by atoms with Gasteiger partial charge in [-0.1, -0.05) is 66.7 Å². The van der Waals surface area contributed by atoms with Crippen molar-refractivity contribution >= 4 is 71.3 Å². The number of hydrogen-bond acceptors (Lipinski definition) is 12. The Morgan fingerprint density at radius 1 is 0.667 bits per heavy atom. The number of nitrogens with two attached hydrogens (primary N) is 1. The molecule has 16 heteroatoms. The van der Waals surface area contributed by atoms with Gasteiger partial charge in [-0.05, 0) is 59.2 Å². The minimum atomic E-state index is -4.85. The molecule has 6 rings (SSSR count). The van der Waals surface area contributed by atoms with E-state index in [1.54, 1.807) is 72.8 Å². The molecule has 0 aliphatic heterocycles. The van der Waals surface area contributed by atoms with E-state index in [0.717, 1.165) is 23.3 Å². The van der Waals surface area contributed by atoms with Gasteiger partial charge in [0.2, 0.25) is 5.78 Å². The summed E-state index contributed by atoms with van der Waals surface area (Å²) in [6.45, 7) is 0. The van der Waals surface area contributed by atoms with Crippen molar-refractivity contribution in [3.63, 3.8) is 0 Å². The molecule has 5 aromatic rings. The van der Waals surface area contributed by atoms with Crippen molar-refractivity contribution in [2.75, 3.05) is 11.2 Å². The Morgan fingerprint density at radius 3 is 1.90 bits per heavy atom. The summed E-state index contributed by atoms with van der Waals surface area (Å²) in [6, 6.07) is 25.6. The number of nitrogens with one attached hydrogen (secondary N) is 1. The number of ketones is 1. The number of carbonyl (C=O) groups excluding carboxylic acids is 1. The maximum atomic E-state index is 12.6. The number of fused-ring (bicyclic) bond motifs is 2. The van der Waals surface area contributed by atoms with Crippen LogP contribution in [0.5, 0.6) is 0 Å². The first-order valence-electron chi connectivity index (χ1n) is 13.4. The van der Waals surface area contributed by atoms with Crippen molar-refractivity contribution in [3.05, 3.63) is 114 Å². The third-order valence-corrected chi connectivity index (χ3v) is 8.92. The van der Waals surface area contributed by atoms with Crippen molar-refractivity contribution in [1.29, 1.82) is 0 Å². The normalized spacial score (nSPS) is 13.6. The Labute approximate surface area is 319 Å². The van der Waals surface area contributed by atoms with E-state index in [1.807, 2.05) is 0 Å². The largest absolute Gasteiger partial charge is 1.00 e. The molecule has 0 radical (unpaired) electrons. The molecule has 0 saturated carbocycles. The summed E-state index contributed by atoms with van der Waals surface area (Å²) in [6.07, 6.45) is 2.68. The number of nitrogens with zero attached hydrogens (tertiary/aromatic N) is 3. The van der Waals surface area contributed by atoms with E-state index in [0.29, 0.717) is 22.3 Å². The van der Waals surface area contributed by atoms with E-state index in [4.69, 9.17) is 5.73 Å². The van der Waals surface area contributed by atoms with Crippen molar-refractivity contribution in [2.45, 2.75) is 9.79 Å². The van der Waals surface area contributed by atoms with Crippen LogP contribution in [0.4, 0.5) is 22.7 Å². The molecule has 0 unspecified atom stereocenters. The predicted molar refractivity (Wildman–Crippen MR) is 171 cm³/mol. The maximum absolute atomic E-state index is 12.6. The molecule has 48 heavy (non-hydrogen) atoms. The minimum Gasteiger partial charge on any atom is -0.744 e. The molecule has 1 aliphatic carbocycles. The SMILES string of the molecule is Nc1c(N=Nc2ccc(-c3ccc(N/N=C4\C(=O)C=Cc5cccc(S(=O)(=O)[O-])c54)cc3)cc2)cc(S(=O)(=O)[O-])c2ccccc12.[Na+].[Na+]. The van der Waals surface area contributed by atoms with Gasteiger partial charge < -0.3 is 14.8 Å². The van der Waals surface area contributed by atoms with E-state index < -0.39 is 35.8 Å². The molecule has 0 atom stereocenters. The Morgan fingerprint density at radius 2 is 1.27 bits per heavy atom. The third-order valence-electron chi connectivity index (χ3n) is 7.16. The number of nitrogen functional groups attached to an aromatic ring is 1. The predicted octanol–water partition coefficient (Wildman–Crippen LogP) is -0.267. The number of hydrazone groups is 1. The van der Waals surface area contributed by atoms with Gasteiger partial charge >= 0.3 is 59.1 Å². The van der Waals surface area contributed by atoms with Gasteiger partial charge in [0, 0.05) is 16.3 Å². The molecule has 0 amide bonds. The second-order valence-corrected chi connectivity index (χ2v) is 12.8. The second kappa shape index (κ2) is 14.9. The topological polar surface area (TPSA) is 207 Å². The zero-order chi connectivity index (χ0) is 32.6. The summed E-state index contributed by atoms with van der Waals surface area (Å²) in [5.41, 5.74) is 11.9. The molecule has 5 aromatic carbocycles. The van der Waals surface area contributed by atoms with Crippen LogP contribution in [0.2, 0.25) is 0 Å². The van der Waals surface area contributed by atoms with E-state index in [-0.39, 0.29) is 87.2 Å². The summed E-state index contributed by atoms with van der Waals surface area (Å²) in [5, 5.41) is 13.0. The van der Waals surface area contributed by atoms with Gasteiger partial charge in [-0.25, -0.2) is 16.8 Å². The Bertz CT molecular complexity index is 2360. The van der Waals surface area contributed by atoms with Gasteiger partial charge in [0.1, 0.15) is 31.6 Å². The van der Waals surface area contributed by atoms with E-state index in [2.05, 4.69) is 20.8 Å². The van der Waals surface area contributed by atoms with Crippen molar-refractivity contribution in [2.24, 2.45) is 15.3 Å². The molecule has 3 N–H and O–H groups in total. The molecule has 0 fully saturated rings. The van der Waals surface area contributed by atoms with Crippen LogP contribution in [0.1, 0.15) is 11.1 Å². The van der Waals surface area contributed by atoms with Crippen molar-refractivity contribution < 1.29 is 89.9 Å². The fourth-order valence-electron chi connectivity index (χ4n) is 4.96. The minimum absolute atomic E-state index is 0. The number of carbonyl (C=O) groups is 1. The number of anilines is 2. The van der Waals surface area contributed by atoms with Crippen LogP contribution < -0.4 is 70.3 Å². The molecule has 0 heterocycles. The van der Waals surface area contributed by atoms with Crippen molar-refractivity contribution in [3.8, 4) is 11.1 Å². The Kier molecular flexibility index (Phi) is 11.6. The Balaban J connectivity index is 0.00000260. The monoisotopic (exact) mass is 697 g/mol. The quantitative estimate of drug-likeness (QED) is 0.0754. The molecular formula is C32H21N5Na2O7S2. The van der Waals surface area contributed by atoms with Crippen LogP contribution in [0.3, 0.4) is 0 Å². The van der Waals surface area contributed by atoms with Crippen LogP contribution >= 0.6 is 0 Å². The summed E-state index contributed by atoms with van der Waals surface area (Å²) in [5.74, 6) is -0.552. The fourth-order valence-corrected chi connectivity index (χ4v) is 6.37. The third kappa shape index (κ3) is 7.84. The maximum Gasteiger partial charge on any atom is 1.00 e. The number of rotatable bonds is 7. The number of benzene rings is 5. The number of allylic oxidation sites excluding steroid dienone is 1. The van der Waals surface area contributed by atoms with Crippen LogP contribution in [-0.2, 0) is 25.0 Å². The fraction of sp³-hybridized carbons (Fsp3) is 0. The first kappa shape index (κ1) is 37.3. The van der Waals surface area contributed by atoms with E-state index in [1.165, 1.54) is 24.3 Å². The Hall–Kier alpha value is -3.54. The molecule has 0 saturated heterocycles. The van der Waals surface area contributed by atoms with Gasteiger partial charge in [-0.3, -0.25) is 10.2 Å². The van der Waals surface area contributed by atoms with Crippen LogP contribution in [-0.4, -0.2) is 37.4 Å². The zero-order valence-corrected chi connectivity index (χ0v) is 31.1. The summed E-state index contributed by atoms with van der Waals surface area (Å²) in [4.78, 5) is 11.6. The molecular weight excluding hydrogens is 676 g/mol. The van der Waals surface area contributed by atoms with Crippen LogP contribution in [0, 0.1) is 0 Å².